The minimum absolute atomic E-state index is 0.0597. The molecule has 1 aliphatic rings. The first-order valence-corrected chi connectivity index (χ1v) is 9.34. The van der Waals surface area contributed by atoms with Crippen LogP contribution in [0.3, 0.4) is 0 Å². The van der Waals surface area contributed by atoms with Crippen molar-refractivity contribution in [3.05, 3.63) is 53.7 Å². The van der Waals surface area contributed by atoms with Crippen molar-refractivity contribution in [3.8, 4) is 5.75 Å². The quantitative estimate of drug-likeness (QED) is 0.751. The van der Waals surface area contributed by atoms with Crippen LogP contribution >= 0.6 is 0 Å². The number of hydrogen-bond donors (Lipinski definition) is 1. The Hall–Kier alpha value is -3.28. The summed E-state index contributed by atoms with van der Waals surface area (Å²) in [5.41, 5.74) is 3.84. The van der Waals surface area contributed by atoms with Crippen LogP contribution in [0.4, 0.5) is 11.4 Å². The number of carbonyl (C=O) groups excluding carboxylic acids is 2. The Morgan fingerprint density at radius 3 is 2.71 bits per heavy atom. The molecule has 144 valence electrons. The molecular formula is C22H23N3O3. The standard InChI is InChI=1S/C22H23N3O3/c1-14-9-10-18-17(12-14)20(25-11-5-8-19(25)26)21(24(18)2)22(27)23-15-6-4-7-16(13-15)28-3/h4,6-7,9-10,12-13H,5,8,11H2,1-3H3,(H,23,27). The van der Waals surface area contributed by atoms with E-state index in [4.69, 9.17) is 4.74 Å². The number of hydrogen-bond acceptors (Lipinski definition) is 3. The summed E-state index contributed by atoms with van der Waals surface area (Å²) < 4.78 is 7.10. The predicted molar refractivity (Wildman–Crippen MR) is 110 cm³/mol. The molecule has 6 nitrogen and oxygen atoms in total. The molecule has 1 aliphatic heterocycles. The third-order valence-electron chi connectivity index (χ3n) is 5.21. The van der Waals surface area contributed by atoms with E-state index in [1.54, 1.807) is 18.1 Å². The SMILES string of the molecule is COc1cccc(NC(=O)c2c(N3CCCC3=O)c3cc(C)ccc3n2C)c1. The first kappa shape index (κ1) is 18.1. The third-order valence-corrected chi connectivity index (χ3v) is 5.21. The molecule has 2 heterocycles. The molecule has 0 radical (unpaired) electrons. The summed E-state index contributed by atoms with van der Waals surface area (Å²) >= 11 is 0. The molecule has 1 fully saturated rings. The second kappa shape index (κ2) is 7.03. The summed E-state index contributed by atoms with van der Waals surface area (Å²) in [5.74, 6) is 0.476. The Labute approximate surface area is 163 Å². The summed E-state index contributed by atoms with van der Waals surface area (Å²) in [4.78, 5) is 27.5. The fraction of sp³-hybridized carbons (Fsp3) is 0.273. The second-order valence-corrected chi connectivity index (χ2v) is 7.11. The van der Waals surface area contributed by atoms with Crippen LogP contribution in [0.2, 0.25) is 0 Å². The van der Waals surface area contributed by atoms with E-state index in [1.807, 2.05) is 54.9 Å². The average Bonchev–Trinajstić information content (AvgIpc) is 3.22. The highest BCUT2D eigenvalue weighted by atomic mass is 16.5. The van der Waals surface area contributed by atoms with E-state index in [0.717, 1.165) is 22.9 Å². The summed E-state index contributed by atoms with van der Waals surface area (Å²) in [6.45, 7) is 2.64. The lowest BCUT2D eigenvalue weighted by molar-refractivity contribution is -0.117. The van der Waals surface area contributed by atoms with E-state index in [-0.39, 0.29) is 11.8 Å². The van der Waals surface area contributed by atoms with E-state index < -0.39 is 0 Å². The molecule has 0 bridgehead atoms. The lowest BCUT2D eigenvalue weighted by atomic mass is 10.1. The highest BCUT2D eigenvalue weighted by molar-refractivity contribution is 6.17. The van der Waals surface area contributed by atoms with E-state index in [9.17, 15) is 9.59 Å². The maximum atomic E-state index is 13.3. The van der Waals surface area contributed by atoms with Gasteiger partial charge in [-0.25, -0.2) is 0 Å². The molecule has 6 heteroatoms. The van der Waals surface area contributed by atoms with Gasteiger partial charge in [-0.15, -0.1) is 0 Å². The van der Waals surface area contributed by atoms with Crippen LogP contribution in [0, 0.1) is 6.92 Å². The number of anilines is 2. The number of rotatable bonds is 4. The molecule has 1 N–H and O–H groups in total. The molecule has 1 saturated heterocycles. The van der Waals surface area contributed by atoms with Gasteiger partial charge in [0, 0.05) is 37.2 Å². The molecule has 3 aromatic rings. The molecule has 0 spiro atoms. The van der Waals surface area contributed by atoms with Gasteiger partial charge in [-0.3, -0.25) is 9.59 Å². The predicted octanol–water partition coefficient (Wildman–Crippen LogP) is 3.87. The molecule has 0 atom stereocenters. The number of benzene rings is 2. The van der Waals surface area contributed by atoms with Crippen LogP contribution in [0.25, 0.3) is 10.9 Å². The Kier molecular flexibility index (Phi) is 4.55. The summed E-state index contributed by atoms with van der Waals surface area (Å²) in [6, 6.07) is 13.3. The Morgan fingerprint density at radius 2 is 2.00 bits per heavy atom. The highest BCUT2D eigenvalue weighted by Crippen LogP contribution is 2.37. The van der Waals surface area contributed by atoms with Crippen molar-refractivity contribution in [1.29, 1.82) is 0 Å². The van der Waals surface area contributed by atoms with Crippen molar-refractivity contribution >= 4 is 34.1 Å². The fourth-order valence-electron chi connectivity index (χ4n) is 3.85. The number of amides is 2. The van der Waals surface area contributed by atoms with Crippen LogP contribution in [-0.4, -0.2) is 30.0 Å². The highest BCUT2D eigenvalue weighted by Gasteiger charge is 2.31. The van der Waals surface area contributed by atoms with Crippen LogP contribution < -0.4 is 15.0 Å². The summed E-state index contributed by atoms with van der Waals surface area (Å²) in [5, 5.41) is 3.87. The normalized spacial score (nSPS) is 14.0. The van der Waals surface area contributed by atoms with Crippen molar-refractivity contribution in [2.45, 2.75) is 19.8 Å². The molecule has 1 aromatic heterocycles. The number of nitrogens with one attached hydrogen (secondary N) is 1. The summed E-state index contributed by atoms with van der Waals surface area (Å²) in [6.07, 6.45) is 1.32. The molecular weight excluding hydrogens is 354 g/mol. The maximum Gasteiger partial charge on any atom is 0.274 e. The van der Waals surface area contributed by atoms with Crippen molar-refractivity contribution in [3.63, 3.8) is 0 Å². The first-order chi connectivity index (χ1) is 13.5. The van der Waals surface area contributed by atoms with E-state index in [1.165, 1.54) is 0 Å². The number of methoxy groups -OCH3 is 1. The van der Waals surface area contributed by atoms with Gasteiger partial charge in [-0.1, -0.05) is 17.7 Å². The second-order valence-electron chi connectivity index (χ2n) is 7.11. The van der Waals surface area contributed by atoms with Crippen LogP contribution in [0.5, 0.6) is 5.75 Å². The van der Waals surface area contributed by atoms with Gasteiger partial charge in [0.05, 0.1) is 18.3 Å². The molecule has 28 heavy (non-hydrogen) atoms. The molecule has 0 unspecified atom stereocenters. The minimum Gasteiger partial charge on any atom is -0.497 e. The Balaban J connectivity index is 1.84. The van der Waals surface area contributed by atoms with E-state index in [2.05, 4.69) is 5.32 Å². The number of nitrogens with zero attached hydrogens (tertiary/aromatic N) is 2. The maximum absolute atomic E-state index is 13.3. The van der Waals surface area contributed by atoms with Gasteiger partial charge in [0.25, 0.3) is 5.91 Å². The van der Waals surface area contributed by atoms with Crippen LogP contribution in [0.1, 0.15) is 28.9 Å². The van der Waals surface area contributed by atoms with Crippen molar-refractivity contribution < 1.29 is 14.3 Å². The van der Waals surface area contributed by atoms with Gasteiger partial charge >= 0.3 is 0 Å². The molecule has 0 saturated carbocycles. The van der Waals surface area contributed by atoms with E-state index in [0.29, 0.717) is 35.8 Å². The molecule has 4 rings (SSSR count). The zero-order valence-corrected chi connectivity index (χ0v) is 16.3. The van der Waals surface area contributed by atoms with Crippen LogP contribution in [-0.2, 0) is 11.8 Å². The van der Waals surface area contributed by atoms with Gasteiger partial charge < -0.3 is 19.5 Å². The zero-order valence-electron chi connectivity index (χ0n) is 16.3. The van der Waals surface area contributed by atoms with Gasteiger partial charge in [0.2, 0.25) is 5.91 Å². The van der Waals surface area contributed by atoms with Crippen LogP contribution in [0.15, 0.2) is 42.5 Å². The number of ether oxygens (including phenoxy) is 1. The van der Waals surface area contributed by atoms with Crippen molar-refractivity contribution in [2.75, 3.05) is 23.9 Å². The Bertz CT molecular complexity index is 1080. The van der Waals surface area contributed by atoms with Gasteiger partial charge in [0.15, 0.2) is 0 Å². The first-order valence-electron chi connectivity index (χ1n) is 9.34. The zero-order chi connectivity index (χ0) is 19.8. The number of aryl methyl sites for hydroxylation is 2. The lowest BCUT2D eigenvalue weighted by Crippen LogP contribution is -2.27. The monoisotopic (exact) mass is 377 g/mol. The van der Waals surface area contributed by atoms with Gasteiger partial charge in [0.1, 0.15) is 11.4 Å². The number of carbonyl (C=O) groups is 2. The number of fused-ring (bicyclic) bond motifs is 1. The van der Waals surface area contributed by atoms with Gasteiger partial charge in [-0.2, -0.15) is 0 Å². The Morgan fingerprint density at radius 1 is 1.18 bits per heavy atom. The smallest absolute Gasteiger partial charge is 0.274 e. The van der Waals surface area contributed by atoms with Crippen molar-refractivity contribution in [2.24, 2.45) is 7.05 Å². The lowest BCUT2D eigenvalue weighted by Gasteiger charge is -2.18. The van der Waals surface area contributed by atoms with Gasteiger partial charge in [-0.05, 0) is 37.6 Å². The third kappa shape index (κ3) is 3.01. The average molecular weight is 377 g/mol. The summed E-state index contributed by atoms with van der Waals surface area (Å²) in [7, 11) is 3.45. The topological polar surface area (TPSA) is 63.6 Å². The molecule has 0 aliphatic carbocycles. The minimum atomic E-state index is -0.251. The molecule has 2 amide bonds. The fourth-order valence-corrected chi connectivity index (χ4v) is 3.85. The molecule has 2 aromatic carbocycles. The largest absolute Gasteiger partial charge is 0.497 e. The van der Waals surface area contributed by atoms with Crippen molar-refractivity contribution in [1.82, 2.24) is 4.57 Å². The van der Waals surface area contributed by atoms with E-state index >= 15 is 0 Å². The number of aromatic nitrogens is 1.